The lowest BCUT2D eigenvalue weighted by molar-refractivity contribution is -0.162. The summed E-state index contributed by atoms with van der Waals surface area (Å²) < 4.78 is 43.2. The molecular weight excluding hydrogens is 277 g/mol. The van der Waals surface area contributed by atoms with Crippen LogP contribution in [-0.4, -0.2) is 35.5 Å². The van der Waals surface area contributed by atoms with Gasteiger partial charge in [-0.15, -0.1) is 0 Å². The Labute approximate surface area is 113 Å². The van der Waals surface area contributed by atoms with E-state index in [-0.39, 0.29) is 18.8 Å². The SMILES string of the molecule is N/C(=N/O)C(COc1ccccc1CCO)C(F)(F)F. The number of para-hydroxylation sites is 1. The van der Waals surface area contributed by atoms with Gasteiger partial charge in [0.2, 0.25) is 0 Å². The van der Waals surface area contributed by atoms with Gasteiger partial charge >= 0.3 is 6.18 Å². The fourth-order valence-electron chi connectivity index (χ4n) is 1.56. The van der Waals surface area contributed by atoms with E-state index < -0.39 is 24.5 Å². The molecule has 0 saturated carbocycles. The number of rotatable bonds is 6. The van der Waals surface area contributed by atoms with Crippen molar-refractivity contribution in [2.24, 2.45) is 16.8 Å². The molecule has 1 aromatic rings. The Kier molecular flexibility index (Phi) is 5.63. The number of nitrogens with two attached hydrogens (primary N) is 1. The number of aliphatic hydroxyl groups is 1. The van der Waals surface area contributed by atoms with Crippen molar-refractivity contribution in [2.45, 2.75) is 12.6 Å². The number of hydrogen-bond acceptors (Lipinski definition) is 4. The maximum absolute atomic E-state index is 12.7. The molecule has 0 amide bonds. The van der Waals surface area contributed by atoms with Gasteiger partial charge in [-0.25, -0.2) is 0 Å². The van der Waals surface area contributed by atoms with Crippen LogP contribution in [0.5, 0.6) is 5.75 Å². The quantitative estimate of drug-likeness (QED) is 0.321. The molecule has 1 unspecified atom stereocenters. The van der Waals surface area contributed by atoms with Gasteiger partial charge in [0.15, 0.2) is 5.84 Å². The predicted octanol–water partition coefficient (Wildman–Crippen LogP) is 1.53. The average molecular weight is 292 g/mol. The summed E-state index contributed by atoms with van der Waals surface area (Å²) in [4.78, 5) is 0. The molecule has 1 rings (SSSR count). The summed E-state index contributed by atoms with van der Waals surface area (Å²) >= 11 is 0. The summed E-state index contributed by atoms with van der Waals surface area (Å²) in [5.74, 6) is -2.94. The topological polar surface area (TPSA) is 88.1 Å². The molecule has 0 aromatic heterocycles. The molecule has 20 heavy (non-hydrogen) atoms. The van der Waals surface area contributed by atoms with Crippen molar-refractivity contribution in [1.29, 1.82) is 0 Å². The Bertz CT molecular complexity index is 464. The summed E-state index contributed by atoms with van der Waals surface area (Å²) in [5, 5.41) is 19.6. The van der Waals surface area contributed by atoms with E-state index in [1.807, 2.05) is 0 Å². The van der Waals surface area contributed by atoms with Gasteiger partial charge in [0.25, 0.3) is 0 Å². The minimum Gasteiger partial charge on any atom is -0.492 e. The standard InChI is InChI=1S/C12H15F3N2O3/c13-12(14,15)9(11(16)17-19)7-20-10-4-2-1-3-8(10)5-6-18/h1-4,9,18-19H,5-7H2,(H2,16,17). The van der Waals surface area contributed by atoms with Crippen LogP contribution in [0.1, 0.15) is 5.56 Å². The van der Waals surface area contributed by atoms with E-state index in [1.165, 1.54) is 6.07 Å². The first-order valence-corrected chi connectivity index (χ1v) is 5.75. The maximum atomic E-state index is 12.7. The molecule has 0 radical (unpaired) electrons. The maximum Gasteiger partial charge on any atom is 0.402 e. The van der Waals surface area contributed by atoms with Gasteiger partial charge in [0.05, 0.1) is 0 Å². The third-order valence-electron chi connectivity index (χ3n) is 2.63. The second kappa shape index (κ2) is 6.99. The molecule has 0 spiro atoms. The predicted molar refractivity (Wildman–Crippen MR) is 65.7 cm³/mol. The molecule has 4 N–H and O–H groups in total. The number of amidine groups is 1. The Hall–Kier alpha value is -1.96. The smallest absolute Gasteiger partial charge is 0.402 e. The van der Waals surface area contributed by atoms with Gasteiger partial charge in [0.1, 0.15) is 18.3 Å². The number of nitrogens with zero attached hydrogens (tertiary/aromatic N) is 1. The molecule has 0 heterocycles. The van der Waals surface area contributed by atoms with Crippen molar-refractivity contribution in [3.63, 3.8) is 0 Å². The van der Waals surface area contributed by atoms with E-state index in [1.54, 1.807) is 18.2 Å². The Balaban J connectivity index is 2.83. The molecule has 112 valence electrons. The van der Waals surface area contributed by atoms with Gasteiger partial charge in [-0.2, -0.15) is 13.2 Å². The molecular formula is C12H15F3N2O3. The highest BCUT2D eigenvalue weighted by molar-refractivity contribution is 5.83. The number of aliphatic hydroxyl groups excluding tert-OH is 1. The highest BCUT2D eigenvalue weighted by atomic mass is 19.4. The lowest BCUT2D eigenvalue weighted by atomic mass is 10.1. The van der Waals surface area contributed by atoms with E-state index in [9.17, 15) is 13.2 Å². The summed E-state index contributed by atoms with van der Waals surface area (Å²) in [5.41, 5.74) is 5.60. The van der Waals surface area contributed by atoms with Crippen LogP contribution in [-0.2, 0) is 6.42 Å². The molecule has 5 nitrogen and oxygen atoms in total. The van der Waals surface area contributed by atoms with Crippen molar-refractivity contribution in [3.05, 3.63) is 29.8 Å². The molecule has 0 saturated heterocycles. The van der Waals surface area contributed by atoms with Crippen LogP contribution in [0.3, 0.4) is 0 Å². The van der Waals surface area contributed by atoms with Crippen molar-refractivity contribution < 1.29 is 28.2 Å². The third-order valence-corrected chi connectivity index (χ3v) is 2.63. The normalized spacial score (nSPS) is 14.1. The van der Waals surface area contributed by atoms with E-state index in [2.05, 4.69) is 5.16 Å². The summed E-state index contributed by atoms with van der Waals surface area (Å²) in [6, 6.07) is 6.41. The summed E-state index contributed by atoms with van der Waals surface area (Å²) in [6.45, 7) is -0.953. The number of alkyl halides is 3. The zero-order chi connectivity index (χ0) is 15.2. The monoisotopic (exact) mass is 292 g/mol. The zero-order valence-electron chi connectivity index (χ0n) is 10.5. The third kappa shape index (κ3) is 4.30. The van der Waals surface area contributed by atoms with Crippen molar-refractivity contribution in [1.82, 2.24) is 0 Å². The molecule has 0 bridgehead atoms. The van der Waals surface area contributed by atoms with Crippen molar-refractivity contribution >= 4 is 5.84 Å². The summed E-state index contributed by atoms with van der Waals surface area (Å²) in [7, 11) is 0. The van der Waals surface area contributed by atoms with Gasteiger partial charge in [0, 0.05) is 6.61 Å². The Morgan fingerprint density at radius 1 is 1.35 bits per heavy atom. The van der Waals surface area contributed by atoms with Crippen LogP contribution in [0.15, 0.2) is 29.4 Å². The minimum absolute atomic E-state index is 0.149. The van der Waals surface area contributed by atoms with Crippen LogP contribution in [0.25, 0.3) is 0 Å². The lowest BCUT2D eigenvalue weighted by Crippen LogP contribution is -2.40. The largest absolute Gasteiger partial charge is 0.492 e. The average Bonchev–Trinajstić information content (AvgIpc) is 2.39. The van der Waals surface area contributed by atoms with Crippen molar-refractivity contribution in [2.75, 3.05) is 13.2 Å². The number of oxime groups is 1. The summed E-state index contributed by atoms with van der Waals surface area (Å²) in [6.07, 6.45) is -4.42. The van der Waals surface area contributed by atoms with Crippen LogP contribution < -0.4 is 10.5 Å². The van der Waals surface area contributed by atoms with E-state index in [4.69, 9.17) is 20.8 Å². The lowest BCUT2D eigenvalue weighted by Gasteiger charge is -2.20. The van der Waals surface area contributed by atoms with E-state index in [0.29, 0.717) is 5.56 Å². The second-order valence-corrected chi connectivity index (χ2v) is 4.01. The number of hydrogen-bond donors (Lipinski definition) is 3. The van der Waals surface area contributed by atoms with Gasteiger partial charge in [-0.1, -0.05) is 23.4 Å². The fraction of sp³-hybridized carbons (Fsp3) is 0.417. The molecule has 0 fully saturated rings. The number of ether oxygens (including phenoxy) is 1. The molecule has 1 aromatic carbocycles. The minimum atomic E-state index is -4.68. The zero-order valence-corrected chi connectivity index (χ0v) is 10.5. The molecule has 8 heteroatoms. The van der Waals surface area contributed by atoms with Crippen molar-refractivity contribution in [3.8, 4) is 5.75 Å². The molecule has 0 aliphatic rings. The van der Waals surface area contributed by atoms with Gasteiger partial charge in [-0.05, 0) is 18.1 Å². The Morgan fingerprint density at radius 2 is 2.00 bits per heavy atom. The first-order chi connectivity index (χ1) is 9.40. The number of benzene rings is 1. The van der Waals surface area contributed by atoms with Crippen LogP contribution in [0, 0.1) is 5.92 Å². The van der Waals surface area contributed by atoms with Gasteiger partial charge < -0.3 is 20.8 Å². The molecule has 0 aliphatic heterocycles. The van der Waals surface area contributed by atoms with Crippen LogP contribution in [0.4, 0.5) is 13.2 Å². The van der Waals surface area contributed by atoms with E-state index in [0.717, 1.165) is 0 Å². The first-order valence-electron chi connectivity index (χ1n) is 5.75. The van der Waals surface area contributed by atoms with Crippen LogP contribution >= 0.6 is 0 Å². The van der Waals surface area contributed by atoms with E-state index >= 15 is 0 Å². The Morgan fingerprint density at radius 3 is 2.55 bits per heavy atom. The second-order valence-electron chi connectivity index (χ2n) is 4.01. The van der Waals surface area contributed by atoms with Crippen LogP contribution in [0.2, 0.25) is 0 Å². The van der Waals surface area contributed by atoms with Gasteiger partial charge in [-0.3, -0.25) is 0 Å². The highest BCUT2D eigenvalue weighted by Gasteiger charge is 2.43. The fourth-order valence-corrected chi connectivity index (χ4v) is 1.56. The molecule has 1 atom stereocenters. The first kappa shape index (κ1) is 16.1. The number of halogens is 3. The highest BCUT2D eigenvalue weighted by Crippen LogP contribution is 2.28. The molecule has 0 aliphatic carbocycles.